The Bertz CT molecular complexity index is 364. The molecule has 1 aliphatic rings. The summed E-state index contributed by atoms with van der Waals surface area (Å²) in [5, 5.41) is 16.1. The summed E-state index contributed by atoms with van der Waals surface area (Å²) >= 11 is 0. The Kier molecular flexibility index (Phi) is 4.75. The summed E-state index contributed by atoms with van der Waals surface area (Å²) in [5.41, 5.74) is 0. The van der Waals surface area contributed by atoms with Crippen molar-refractivity contribution >= 4 is 11.6 Å². The van der Waals surface area contributed by atoms with Gasteiger partial charge in [0.1, 0.15) is 18.0 Å². The minimum absolute atomic E-state index is 0.116. The maximum absolute atomic E-state index is 9.47. The first-order chi connectivity index (χ1) is 8.78. The number of aliphatic hydroxyl groups excluding tert-OH is 1. The highest BCUT2D eigenvalue weighted by Crippen LogP contribution is 2.21. The van der Waals surface area contributed by atoms with Crippen molar-refractivity contribution in [1.29, 1.82) is 0 Å². The third-order valence-electron chi connectivity index (χ3n) is 3.27. The summed E-state index contributed by atoms with van der Waals surface area (Å²) < 4.78 is 0. The van der Waals surface area contributed by atoms with Crippen LogP contribution in [0.2, 0.25) is 0 Å². The van der Waals surface area contributed by atoms with Crippen LogP contribution in [0, 0.1) is 0 Å². The van der Waals surface area contributed by atoms with Crippen LogP contribution >= 0.6 is 0 Å². The zero-order valence-corrected chi connectivity index (χ0v) is 10.9. The molecule has 5 nitrogen and oxygen atoms in total. The number of anilines is 2. The van der Waals surface area contributed by atoms with Crippen molar-refractivity contribution in [2.75, 3.05) is 17.2 Å². The van der Waals surface area contributed by atoms with Crippen LogP contribution in [-0.2, 0) is 0 Å². The molecule has 1 aromatic rings. The van der Waals surface area contributed by atoms with Crippen LogP contribution in [0.15, 0.2) is 12.4 Å². The van der Waals surface area contributed by atoms with Crippen LogP contribution in [-0.4, -0.2) is 33.8 Å². The largest absolute Gasteiger partial charge is 0.393 e. The summed E-state index contributed by atoms with van der Waals surface area (Å²) in [6, 6.07) is 2.36. The number of nitrogens with zero attached hydrogens (tertiary/aromatic N) is 2. The average molecular weight is 250 g/mol. The van der Waals surface area contributed by atoms with E-state index < -0.39 is 0 Å². The van der Waals surface area contributed by atoms with E-state index in [9.17, 15) is 5.11 Å². The molecule has 5 heteroatoms. The van der Waals surface area contributed by atoms with Crippen molar-refractivity contribution in [3.8, 4) is 0 Å². The van der Waals surface area contributed by atoms with Gasteiger partial charge in [0.25, 0.3) is 0 Å². The predicted octanol–water partition coefficient (Wildman–Crippen LogP) is 2.01. The van der Waals surface area contributed by atoms with Crippen LogP contribution in [0.4, 0.5) is 11.6 Å². The van der Waals surface area contributed by atoms with Gasteiger partial charge in [-0.25, -0.2) is 9.97 Å². The summed E-state index contributed by atoms with van der Waals surface area (Å²) in [7, 11) is 0. The molecule has 1 fully saturated rings. The molecule has 2 rings (SSSR count). The van der Waals surface area contributed by atoms with Crippen molar-refractivity contribution in [3.05, 3.63) is 12.4 Å². The minimum atomic E-state index is -0.116. The highest BCUT2D eigenvalue weighted by atomic mass is 16.3. The highest BCUT2D eigenvalue weighted by Gasteiger charge is 2.19. The number of aliphatic hydroxyl groups is 1. The van der Waals surface area contributed by atoms with Gasteiger partial charge < -0.3 is 15.7 Å². The van der Waals surface area contributed by atoms with Crippen LogP contribution in [0.5, 0.6) is 0 Å². The Morgan fingerprint density at radius 3 is 2.67 bits per heavy atom. The molecule has 1 heterocycles. The number of hydrogen-bond acceptors (Lipinski definition) is 5. The molecule has 0 aromatic carbocycles. The van der Waals surface area contributed by atoms with Crippen LogP contribution < -0.4 is 10.6 Å². The van der Waals surface area contributed by atoms with Gasteiger partial charge in [-0.15, -0.1) is 0 Å². The van der Waals surface area contributed by atoms with E-state index in [0.717, 1.165) is 50.3 Å². The van der Waals surface area contributed by atoms with Gasteiger partial charge in [-0.2, -0.15) is 0 Å². The van der Waals surface area contributed by atoms with E-state index in [0.29, 0.717) is 6.04 Å². The molecule has 0 spiro atoms. The van der Waals surface area contributed by atoms with E-state index in [4.69, 9.17) is 0 Å². The molecular formula is C13H22N4O. The first-order valence-electron chi connectivity index (χ1n) is 6.78. The Hall–Kier alpha value is -1.36. The summed E-state index contributed by atoms with van der Waals surface area (Å²) in [6.07, 6.45) is 6.31. The van der Waals surface area contributed by atoms with Gasteiger partial charge in [-0.05, 0) is 32.1 Å². The second-order valence-corrected chi connectivity index (χ2v) is 4.87. The van der Waals surface area contributed by atoms with Gasteiger partial charge in [0.15, 0.2) is 0 Å². The third-order valence-corrected chi connectivity index (χ3v) is 3.27. The topological polar surface area (TPSA) is 70.1 Å². The fourth-order valence-corrected chi connectivity index (χ4v) is 2.22. The van der Waals surface area contributed by atoms with E-state index in [1.807, 2.05) is 6.07 Å². The molecule has 0 radical (unpaired) electrons. The highest BCUT2D eigenvalue weighted by molar-refractivity contribution is 5.46. The monoisotopic (exact) mass is 250 g/mol. The maximum atomic E-state index is 9.47. The standard InChI is InChI=1S/C13H22N4O/c1-2-7-14-12-8-13(16-9-15-12)17-10-3-5-11(18)6-4-10/h8-11,18H,2-7H2,1H3,(H2,14,15,16,17). The number of nitrogens with one attached hydrogen (secondary N) is 2. The van der Waals surface area contributed by atoms with Crippen LogP contribution in [0.1, 0.15) is 39.0 Å². The summed E-state index contributed by atoms with van der Waals surface area (Å²) in [5.74, 6) is 1.73. The van der Waals surface area contributed by atoms with Crippen molar-refractivity contribution < 1.29 is 5.11 Å². The molecule has 0 amide bonds. The smallest absolute Gasteiger partial charge is 0.131 e. The SMILES string of the molecule is CCCNc1cc(NC2CCC(O)CC2)ncn1. The second-order valence-electron chi connectivity index (χ2n) is 4.87. The normalized spacial score (nSPS) is 23.7. The quantitative estimate of drug-likeness (QED) is 0.746. The molecule has 1 aromatic heterocycles. The summed E-state index contributed by atoms with van der Waals surface area (Å²) in [6.45, 7) is 3.05. The lowest BCUT2D eigenvalue weighted by Gasteiger charge is -2.26. The third kappa shape index (κ3) is 3.84. The van der Waals surface area contributed by atoms with Crippen molar-refractivity contribution in [2.45, 2.75) is 51.2 Å². The van der Waals surface area contributed by atoms with Gasteiger partial charge in [0.2, 0.25) is 0 Å². The van der Waals surface area contributed by atoms with Crippen LogP contribution in [0.25, 0.3) is 0 Å². The van der Waals surface area contributed by atoms with E-state index in [1.54, 1.807) is 6.33 Å². The van der Waals surface area contributed by atoms with E-state index >= 15 is 0 Å². The molecular weight excluding hydrogens is 228 g/mol. The van der Waals surface area contributed by atoms with Crippen molar-refractivity contribution in [2.24, 2.45) is 0 Å². The Balaban J connectivity index is 1.88. The van der Waals surface area contributed by atoms with Gasteiger partial charge in [0.05, 0.1) is 6.10 Å². The van der Waals surface area contributed by atoms with Crippen molar-refractivity contribution in [3.63, 3.8) is 0 Å². The first kappa shape index (κ1) is 13.1. The molecule has 0 unspecified atom stereocenters. The molecule has 3 N–H and O–H groups in total. The Morgan fingerprint density at radius 1 is 1.22 bits per heavy atom. The van der Waals surface area contributed by atoms with Crippen molar-refractivity contribution in [1.82, 2.24) is 9.97 Å². The number of rotatable bonds is 5. The lowest BCUT2D eigenvalue weighted by molar-refractivity contribution is 0.126. The van der Waals surface area contributed by atoms with E-state index in [1.165, 1.54) is 0 Å². The lowest BCUT2D eigenvalue weighted by atomic mass is 9.93. The minimum Gasteiger partial charge on any atom is -0.393 e. The van der Waals surface area contributed by atoms with E-state index in [2.05, 4.69) is 27.5 Å². The predicted molar refractivity (Wildman–Crippen MR) is 72.7 cm³/mol. The van der Waals surface area contributed by atoms with Gasteiger partial charge >= 0.3 is 0 Å². The molecule has 0 bridgehead atoms. The molecule has 1 aliphatic carbocycles. The fraction of sp³-hybridized carbons (Fsp3) is 0.692. The molecule has 0 saturated heterocycles. The van der Waals surface area contributed by atoms with Gasteiger partial charge in [-0.3, -0.25) is 0 Å². The Morgan fingerprint density at radius 2 is 1.94 bits per heavy atom. The number of hydrogen-bond donors (Lipinski definition) is 3. The van der Waals surface area contributed by atoms with Gasteiger partial charge in [0, 0.05) is 18.7 Å². The maximum Gasteiger partial charge on any atom is 0.131 e. The Labute approximate surface area is 108 Å². The molecule has 0 atom stereocenters. The van der Waals surface area contributed by atoms with E-state index in [-0.39, 0.29) is 6.10 Å². The lowest BCUT2D eigenvalue weighted by Crippen LogP contribution is -2.28. The zero-order valence-electron chi connectivity index (χ0n) is 10.9. The average Bonchev–Trinajstić information content (AvgIpc) is 2.40. The molecule has 1 saturated carbocycles. The second kappa shape index (κ2) is 6.54. The molecule has 100 valence electrons. The number of aromatic nitrogens is 2. The zero-order chi connectivity index (χ0) is 12.8. The summed E-state index contributed by atoms with van der Waals surface area (Å²) in [4.78, 5) is 8.42. The van der Waals surface area contributed by atoms with Crippen LogP contribution in [0.3, 0.4) is 0 Å². The molecule has 18 heavy (non-hydrogen) atoms. The van der Waals surface area contributed by atoms with Gasteiger partial charge in [-0.1, -0.05) is 6.92 Å². The first-order valence-corrected chi connectivity index (χ1v) is 6.78. The molecule has 0 aliphatic heterocycles. The fourth-order valence-electron chi connectivity index (χ4n) is 2.22.